The molecule has 2 unspecified atom stereocenters. The van der Waals surface area contributed by atoms with E-state index < -0.39 is 0 Å². The van der Waals surface area contributed by atoms with Gasteiger partial charge >= 0.3 is 0 Å². The molecule has 0 spiro atoms. The molecule has 1 saturated carbocycles. The number of hydrogen-bond donors (Lipinski definition) is 1. The van der Waals surface area contributed by atoms with Crippen molar-refractivity contribution in [1.29, 1.82) is 0 Å². The fraction of sp³-hybridized carbons (Fsp3) is 0.812. The Hall–Kier alpha value is -0.390. The summed E-state index contributed by atoms with van der Waals surface area (Å²) in [4.78, 5) is 0. The normalized spacial score (nSPS) is 19.6. The molecule has 0 amide bonds. The van der Waals surface area contributed by atoms with Crippen LogP contribution in [0, 0.1) is 5.92 Å². The number of halogens is 1. The summed E-state index contributed by atoms with van der Waals surface area (Å²) in [6, 6.07) is 0.182. The van der Waals surface area contributed by atoms with Crippen LogP contribution in [0.25, 0.3) is 0 Å². The van der Waals surface area contributed by atoms with E-state index in [0.29, 0.717) is 5.92 Å². The fourth-order valence-electron chi connectivity index (χ4n) is 3.59. The van der Waals surface area contributed by atoms with Crippen LogP contribution < -0.4 is 5.32 Å². The molecule has 1 heterocycles. The zero-order valence-corrected chi connectivity index (χ0v) is 15.0. The Morgan fingerprint density at radius 3 is 2.71 bits per heavy atom. The standard InChI is InChI=1S/C16H28BrN3O/c1-4-10-20-15(13(17)11-19-20)14(18-2)16(21-3)12-8-6-5-7-9-12/h11-12,14,16,18H,4-10H2,1-3H3. The Morgan fingerprint density at radius 1 is 1.43 bits per heavy atom. The molecular formula is C16H28BrN3O. The van der Waals surface area contributed by atoms with Gasteiger partial charge in [0.2, 0.25) is 0 Å². The lowest BCUT2D eigenvalue weighted by Crippen LogP contribution is -2.39. The van der Waals surface area contributed by atoms with Crippen LogP contribution in [-0.2, 0) is 11.3 Å². The average molecular weight is 358 g/mol. The van der Waals surface area contributed by atoms with Gasteiger partial charge in [-0.3, -0.25) is 4.68 Å². The molecule has 0 radical (unpaired) electrons. The van der Waals surface area contributed by atoms with Gasteiger partial charge in [-0.1, -0.05) is 26.2 Å². The minimum Gasteiger partial charge on any atom is -0.379 e. The Balaban J connectivity index is 2.25. The fourth-order valence-corrected chi connectivity index (χ4v) is 4.13. The van der Waals surface area contributed by atoms with Crippen molar-refractivity contribution in [2.45, 2.75) is 64.1 Å². The Morgan fingerprint density at radius 2 is 2.14 bits per heavy atom. The lowest BCUT2D eigenvalue weighted by molar-refractivity contribution is 0.00707. The minimum absolute atomic E-state index is 0.182. The molecule has 2 atom stereocenters. The van der Waals surface area contributed by atoms with E-state index in [2.05, 4.69) is 38.0 Å². The van der Waals surface area contributed by atoms with E-state index in [4.69, 9.17) is 4.74 Å². The first kappa shape index (κ1) is 17.0. The maximum atomic E-state index is 5.93. The molecule has 1 N–H and O–H groups in total. The highest BCUT2D eigenvalue weighted by atomic mass is 79.9. The van der Waals surface area contributed by atoms with Gasteiger partial charge in [0.05, 0.1) is 28.5 Å². The van der Waals surface area contributed by atoms with Crippen LogP contribution in [0.4, 0.5) is 0 Å². The summed E-state index contributed by atoms with van der Waals surface area (Å²) in [6.45, 7) is 3.13. The summed E-state index contributed by atoms with van der Waals surface area (Å²) in [5.74, 6) is 0.637. The number of aryl methyl sites for hydroxylation is 1. The second kappa shape index (κ2) is 8.30. The molecule has 2 rings (SSSR count). The predicted octanol–water partition coefficient (Wildman–Crippen LogP) is 3.91. The van der Waals surface area contributed by atoms with Gasteiger partial charge in [-0.2, -0.15) is 5.10 Å². The molecule has 1 fully saturated rings. The third kappa shape index (κ3) is 3.88. The number of nitrogens with zero attached hydrogens (tertiary/aromatic N) is 2. The SMILES string of the molecule is CCCn1ncc(Br)c1C(NC)C(OC)C1CCCCC1. The van der Waals surface area contributed by atoms with Crippen molar-refractivity contribution in [2.24, 2.45) is 5.92 Å². The highest BCUT2D eigenvalue weighted by molar-refractivity contribution is 9.10. The van der Waals surface area contributed by atoms with E-state index in [1.54, 1.807) is 0 Å². The van der Waals surface area contributed by atoms with E-state index in [0.717, 1.165) is 17.4 Å². The van der Waals surface area contributed by atoms with Crippen LogP contribution in [0.15, 0.2) is 10.7 Å². The number of aromatic nitrogens is 2. The summed E-state index contributed by atoms with van der Waals surface area (Å²) in [7, 11) is 3.87. The van der Waals surface area contributed by atoms with Crippen molar-refractivity contribution < 1.29 is 4.74 Å². The molecular weight excluding hydrogens is 330 g/mol. The van der Waals surface area contributed by atoms with E-state index in [1.807, 2.05) is 20.4 Å². The van der Waals surface area contributed by atoms with E-state index in [9.17, 15) is 0 Å². The zero-order chi connectivity index (χ0) is 15.2. The maximum absolute atomic E-state index is 5.93. The van der Waals surface area contributed by atoms with Crippen molar-refractivity contribution in [3.05, 3.63) is 16.4 Å². The second-order valence-electron chi connectivity index (χ2n) is 5.97. The van der Waals surface area contributed by atoms with E-state index in [-0.39, 0.29) is 12.1 Å². The van der Waals surface area contributed by atoms with Gasteiger partial charge in [0, 0.05) is 13.7 Å². The maximum Gasteiger partial charge on any atom is 0.0809 e. The number of rotatable bonds is 7. The van der Waals surface area contributed by atoms with Gasteiger partial charge in [0.25, 0.3) is 0 Å². The first-order valence-electron chi connectivity index (χ1n) is 8.14. The van der Waals surface area contributed by atoms with Crippen molar-refractivity contribution in [2.75, 3.05) is 14.2 Å². The first-order chi connectivity index (χ1) is 10.2. The van der Waals surface area contributed by atoms with Crippen molar-refractivity contribution >= 4 is 15.9 Å². The van der Waals surface area contributed by atoms with Crippen LogP contribution in [0.3, 0.4) is 0 Å². The monoisotopic (exact) mass is 357 g/mol. The summed E-state index contributed by atoms with van der Waals surface area (Å²) in [6.07, 6.45) is 9.77. The van der Waals surface area contributed by atoms with Gasteiger partial charge in [0.1, 0.15) is 0 Å². The van der Waals surface area contributed by atoms with Gasteiger partial charge in [-0.15, -0.1) is 0 Å². The average Bonchev–Trinajstić information content (AvgIpc) is 2.87. The molecule has 4 nitrogen and oxygen atoms in total. The van der Waals surface area contributed by atoms with E-state index >= 15 is 0 Å². The third-order valence-corrected chi connectivity index (χ3v) is 5.20. The molecule has 1 aliphatic carbocycles. The molecule has 1 aromatic heterocycles. The quantitative estimate of drug-likeness (QED) is 0.803. The van der Waals surface area contributed by atoms with Crippen LogP contribution in [0.2, 0.25) is 0 Å². The lowest BCUT2D eigenvalue weighted by Gasteiger charge is -2.35. The predicted molar refractivity (Wildman–Crippen MR) is 89.4 cm³/mol. The topological polar surface area (TPSA) is 39.1 Å². The molecule has 120 valence electrons. The molecule has 0 saturated heterocycles. The summed E-state index contributed by atoms with van der Waals surface area (Å²) < 4.78 is 9.12. The number of likely N-dealkylation sites (N-methyl/N-ethyl adjacent to an activating group) is 1. The Bertz CT molecular complexity index is 429. The van der Waals surface area contributed by atoms with Crippen LogP contribution in [-0.4, -0.2) is 30.0 Å². The molecule has 1 aromatic rings. The number of hydrogen-bond acceptors (Lipinski definition) is 3. The molecule has 0 bridgehead atoms. The van der Waals surface area contributed by atoms with Crippen LogP contribution in [0.5, 0.6) is 0 Å². The highest BCUT2D eigenvalue weighted by Gasteiger charge is 2.33. The highest BCUT2D eigenvalue weighted by Crippen LogP contribution is 2.36. The number of methoxy groups -OCH3 is 1. The van der Waals surface area contributed by atoms with Gasteiger partial charge < -0.3 is 10.1 Å². The Labute approximate surface area is 136 Å². The van der Waals surface area contributed by atoms with Gasteiger partial charge in [-0.25, -0.2) is 0 Å². The zero-order valence-electron chi connectivity index (χ0n) is 13.4. The van der Waals surface area contributed by atoms with Crippen molar-refractivity contribution in [3.8, 4) is 0 Å². The smallest absolute Gasteiger partial charge is 0.0809 e. The second-order valence-corrected chi connectivity index (χ2v) is 6.82. The van der Waals surface area contributed by atoms with Crippen molar-refractivity contribution in [1.82, 2.24) is 15.1 Å². The molecule has 0 aromatic carbocycles. The molecule has 1 aliphatic rings. The molecule has 21 heavy (non-hydrogen) atoms. The largest absolute Gasteiger partial charge is 0.379 e. The molecule has 5 heteroatoms. The third-order valence-electron chi connectivity index (χ3n) is 4.59. The number of nitrogens with one attached hydrogen (secondary N) is 1. The summed E-state index contributed by atoms with van der Waals surface area (Å²) >= 11 is 3.67. The minimum atomic E-state index is 0.182. The van der Waals surface area contributed by atoms with Crippen molar-refractivity contribution in [3.63, 3.8) is 0 Å². The van der Waals surface area contributed by atoms with Gasteiger partial charge in [-0.05, 0) is 48.2 Å². The Kier molecular flexibility index (Phi) is 6.71. The lowest BCUT2D eigenvalue weighted by atomic mass is 9.82. The molecule has 0 aliphatic heterocycles. The van der Waals surface area contributed by atoms with Crippen LogP contribution in [0.1, 0.15) is 57.2 Å². The summed E-state index contributed by atoms with van der Waals surface area (Å²) in [5, 5.41) is 7.99. The van der Waals surface area contributed by atoms with Crippen LogP contribution >= 0.6 is 15.9 Å². The van der Waals surface area contributed by atoms with Gasteiger partial charge in [0.15, 0.2) is 0 Å². The number of ether oxygens (including phenoxy) is 1. The first-order valence-corrected chi connectivity index (χ1v) is 8.93. The summed E-state index contributed by atoms with van der Waals surface area (Å²) in [5.41, 5.74) is 1.22. The van der Waals surface area contributed by atoms with E-state index in [1.165, 1.54) is 37.8 Å².